The van der Waals surface area contributed by atoms with Crippen molar-refractivity contribution in [1.82, 2.24) is 4.72 Å². The van der Waals surface area contributed by atoms with Crippen LogP contribution in [0.5, 0.6) is 5.75 Å². The van der Waals surface area contributed by atoms with Crippen molar-refractivity contribution < 1.29 is 18.3 Å². The van der Waals surface area contributed by atoms with Crippen molar-refractivity contribution >= 4 is 21.8 Å². The molecule has 0 aliphatic rings. The second kappa shape index (κ2) is 8.17. The van der Waals surface area contributed by atoms with Crippen LogP contribution in [0.1, 0.15) is 5.56 Å². The molecule has 0 amide bonds. The molecule has 2 N–H and O–H groups in total. The summed E-state index contributed by atoms with van der Waals surface area (Å²) < 4.78 is 31.8. The molecule has 0 spiro atoms. The van der Waals surface area contributed by atoms with Crippen LogP contribution in [0.25, 0.3) is 0 Å². The molecule has 0 aliphatic carbocycles. The van der Waals surface area contributed by atoms with Gasteiger partial charge in [0.25, 0.3) is 0 Å². The van der Waals surface area contributed by atoms with E-state index in [0.29, 0.717) is 23.6 Å². The number of methoxy groups -OCH3 is 1. The molecule has 0 atom stereocenters. The van der Waals surface area contributed by atoms with Gasteiger partial charge < -0.3 is 9.84 Å². The Morgan fingerprint density at radius 1 is 1.45 bits per heavy atom. The summed E-state index contributed by atoms with van der Waals surface area (Å²) in [6.07, 6.45) is 1.91. The lowest BCUT2D eigenvalue weighted by atomic mass is 10.2. The monoisotopic (exact) mass is 315 g/mol. The zero-order chi connectivity index (χ0) is 15.0. The van der Waals surface area contributed by atoms with Gasteiger partial charge in [-0.3, -0.25) is 0 Å². The highest BCUT2D eigenvalue weighted by Gasteiger charge is 2.15. The van der Waals surface area contributed by atoms with E-state index >= 15 is 0 Å². The SMILES string of the molecule is COc1ccc(S(=O)(=O)NCCSC)cc1C#CCO. The van der Waals surface area contributed by atoms with Crippen LogP contribution in [0.3, 0.4) is 0 Å². The lowest BCUT2D eigenvalue weighted by Gasteiger charge is -2.08. The summed E-state index contributed by atoms with van der Waals surface area (Å²) >= 11 is 1.56. The van der Waals surface area contributed by atoms with Gasteiger partial charge >= 0.3 is 0 Å². The molecule has 5 nitrogen and oxygen atoms in total. The average Bonchev–Trinajstić information content (AvgIpc) is 2.44. The molecule has 0 radical (unpaired) electrons. The maximum atomic E-state index is 12.1. The van der Waals surface area contributed by atoms with Crippen molar-refractivity contribution in [2.24, 2.45) is 0 Å². The van der Waals surface area contributed by atoms with E-state index in [1.54, 1.807) is 17.8 Å². The Balaban J connectivity index is 3.07. The first-order chi connectivity index (χ1) is 9.55. The predicted octanol–water partition coefficient (Wildman–Crippen LogP) is 0.680. The molecule has 0 unspecified atom stereocenters. The molecule has 1 rings (SSSR count). The molecule has 0 saturated heterocycles. The van der Waals surface area contributed by atoms with E-state index in [-0.39, 0.29) is 11.5 Å². The first-order valence-corrected chi connectivity index (χ1v) is 8.69. The lowest BCUT2D eigenvalue weighted by Crippen LogP contribution is -2.26. The number of hydrogen-bond acceptors (Lipinski definition) is 5. The largest absolute Gasteiger partial charge is 0.495 e. The summed E-state index contributed by atoms with van der Waals surface area (Å²) in [5.41, 5.74) is 0.425. The number of nitrogens with one attached hydrogen (secondary N) is 1. The Hall–Kier alpha value is -1.20. The van der Waals surface area contributed by atoms with E-state index in [4.69, 9.17) is 9.84 Å². The van der Waals surface area contributed by atoms with Gasteiger partial charge in [0.2, 0.25) is 10.0 Å². The summed E-state index contributed by atoms with van der Waals surface area (Å²) in [4.78, 5) is 0.127. The van der Waals surface area contributed by atoms with Gasteiger partial charge in [-0.25, -0.2) is 13.1 Å². The van der Waals surface area contributed by atoms with Crippen LogP contribution in [0.4, 0.5) is 0 Å². The highest BCUT2D eigenvalue weighted by atomic mass is 32.2. The van der Waals surface area contributed by atoms with Crippen molar-refractivity contribution in [1.29, 1.82) is 0 Å². The smallest absolute Gasteiger partial charge is 0.240 e. The predicted molar refractivity (Wildman–Crippen MR) is 80.5 cm³/mol. The molecule has 0 fully saturated rings. The van der Waals surface area contributed by atoms with Gasteiger partial charge in [-0.1, -0.05) is 11.8 Å². The molecule has 7 heteroatoms. The number of rotatable bonds is 6. The van der Waals surface area contributed by atoms with Gasteiger partial charge in [-0.2, -0.15) is 11.8 Å². The Morgan fingerprint density at radius 2 is 2.20 bits per heavy atom. The Labute approximate surface area is 123 Å². The minimum atomic E-state index is -3.55. The number of thioether (sulfide) groups is 1. The van der Waals surface area contributed by atoms with E-state index in [0.717, 1.165) is 0 Å². The number of sulfonamides is 1. The Morgan fingerprint density at radius 3 is 2.80 bits per heavy atom. The van der Waals surface area contributed by atoms with Crippen LogP contribution < -0.4 is 9.46 Å². The number of aliphatic hydroxyl groups is 1. The third kappa shape index (κ3) is 4.72. The second-order valence-corrected chi connectivity index (χ2v) is 6.47. The fourth-order valence-electron chi connectivity index (χ4n) is 1.45. The highest BCUT2D eigenvalue weighted by Crippen LogP contribution is 2.21. The zero-order valence-corrected chi connectivity index (χ0v) is 13.0. The summed E-state index contributed by atoms with van der Waals surface area (Å²) in [6.45, 7) is 0.0687. The van der Waals surface area contributed by atoms with Gasteiger partial charge in [0.1, 0.15) is 12.4 Å². The molecule has 0 bridgehead atoms. The molecule has 1 aromatic carbocycles. The zero-order valence-electron chi connectivity index (χ0n) is 11.3. The van der Waals surface area contributed by atoms with Crippen LogP contribution >= 0.6 is 11.8 Å². The molecule has 0 saturated carbocycles. The van der Waals surface area contributed by atoms with E-state index in [1.807, 2.05) is 6.26 Å². The van der Waals surface area contributed by atoms with Gasteiger partial charge in [0, 0.05) is 12.3 Å². The van der Waals surface area contributed by atoms with Gasteiger partial charge in [-0.05, 0) is 24.5 Å². The van der Waals surface area contributed by atoms with Crippen molar-refractivity contribution in [3.05, 3.63) is 23.8 Å². The minimum absolute atomic E-state index is 0.127. The van der Waals surface area contributed by atoms with E-state index in [1.165, 1.54) is 19.2 Å². The molecular weight excluding hydrogens is 298 g/mol. The lowest BCUT2D eigenvalue weighted by molar-refractivity contribution is 0.350. The molecule has 0 aliphatic heterocycles. The molecular formula is C13H17NO4S2. The highest BCUT2D eigenvalue weighted by molar-refractivity contribution is 7.98. The molecule has 20 heavy (non-hydrogen) atoms. The van der Waals surface area contributed by atoms with E-state index < -0.39 is 10.0 Å². The standard InChI is InChI=1S/C13H17NO4S2/c1-18-13-6-5-12(10-11(13)4-3-8-15)20(16,17)14-7-9-19-2/h5-6,10,14-15H,7-9H2,1-2H3. The summed E-state index contributed by atoms with van der Waals surface area (Å²) in [6, 6.07) is 4.44. The van der Waals surface area contributed by atoms with Crippen molar-refractivity contribution in [2.75, 3.05) is 32.3 Å². The van der Waals surface area contributed by atoms with Crippen LogP contribution in [-0.2, 0) is 10.0 Å². The van der Waals surface area contributed by atoms with Crippen LogP contribution in [0, 0.1) is 11.8 Å². The fourth-order valence-corrected chi connectivity index (χ4v) is 2.94. The Bertz CT molecular complexity index is 603. The number of hydrogen-bond donors (Lipinski definition) is 2. The summed E-state index contributed by atoms with van der Waals surface area (Å²) in [7, 11) is -2.08. The topological polar surface area (TPSA) is 75.6 Å². The first-order valence-electron chi connectivity index (χ1n) is 5.81. The van der Waals surface area contributed by atoms with Crippen LogP contribution in [0.2, 0.25) is 0 Å². The van der Waals surface area contributed by atoms with Crippen LogP contribution in [0.15, 0.2) is 23.1 Å². The first kappa shape index (κ1) is 16.9. The van der Waals surface area contributed by atoms with E-state index in [2.05, 4.69) is 16.6 Å². The second-order valence-electron chi connectivity index (χ2n) is 3.71. The number of ether oxygens (including phenoxy) is 1. The number of benzene rings is 1. The molecule has 0 heterocycles. The fraction of sp³-hybridized carbons (Fsp3) is 0.385. The maximum absolute atomic E-state index is 12.1. The summed E-state index contributed by atoms with van der Waals surface area (Å²) in [5, 5.41) is 8.72. The Kier molecular flexibility index (Phi) is 6.88. The van der Waals surface area contributed by atoms with Crippen molar-refractivity contribution in [3.63, 3.8) is 0 Å². The molecule has 110 valence electrons. The third-order valence-corrected chi connectivity index (χ3v) is 4.45. The number of aliphatic hydroxyl groups excluding tert-OH is 1. The maximum Gasteiger partial charge on any atom is 0.240 e. The molecule has 1 aromatic rings. The van der Waals surface area contributed by atoms with E-state index in [9.17, 15) is 8.42 Å². The molecule has 0 aromatic heterocycles. The normalized spacial score (nSPS) is 10.8. The van der Waals surface area contributed by atoms with Gasteiger partial charge in [0.05, 0.1) is 17.6 Å². The quantitative estimate of drug-likeness (QED) is 0.596. The van der Waals surface area contributed by atoms with Gasteiger partial charge in [0.15, 0.2) is 0 Å². The third-order valence-electron chi connectivity index (χ3n) is 2.38. The minimum Gasteiger partial charge on any atom is -0.495 e. The summed E-state index contributed by atoms with van der Waals surface area (Å²) in [5.74, 6) is 6.32. The van der Waals surface area contributed by atoms with Crippen molar-refractivity contribution in [3.8, 4) is 17.6 Å². The van der Waals surface area contributed by atoms with Gasteiger partial charge in [-0.15, -0.1) is 0 Å². The van der Waals surface area contributed by atoms with Crippen LogP contribution in [-0.4, -0.2) is 45.8 Å². The van der Waals surface area contributed by atoms with Crippen molar-refractivity contribution in [2.45, 2.75) is 4.90 Å². The average molecular weight is 315 g/mol.